The summed E-state index contributed by atoms with van der Waals surface area (Å²) in [6.45, 7) is 0. The molecule has 0 aromatic heterocycles. The Balaban J connectivity index is 1.05. The molecule has 0 amide bonds. The van der Waals surface area contributed by atoms with Crippen molar-refractivity contribution in [2.45, 2.75) is 63.6 Å². The summed E-state index contributed by atoms with van der Waals surface area (Å²) < 4.78 is 5.32. The van der Waals surface area contributed by atoms with Crippen LogP contribution in [0.5, 0.6) is 0 Å². The minimum atomic E-state index is -0.617. The van der Waals surface area contributed by atoms with Crippen molar-refractivity contribution >= 4 is 0 Å². The van der Waals surface area contributed by atoms with Gasteiger partial charge in [-0.25, -0.2) is 0 Å². The van der Waals surface area contributed by atoms with E-state index in [1.165, 1.54) is 25.7 Å². The van der Waals surface area contributed by atoms with Gasteiger partial charge in [0.2, 0.25) is 0 Å². The topological polar surface area (TPSA) is 29.5 Å². The number of methoxy groups -OCH3 is 1. The molecule has 8 saturated carbocycles. The van der Waals surface area contributed by atoms with Crippen LogP contribution in [-0.2, 0) is 4.74 Å². The Hall–Kier alpha value is -1.64. The molecular weight excluding hydrogens is 512 g/mol. The summed E-state index contributed by atoms with van der Waals surface area (Å²) in [5, 5.41) is 10.4. The molecule has 19 atom stereocenters. The van der Waals surface area contributed by atoms with Crippen LogP contribution in [0, 0.1) is 100 Å². The molecule has 19 unspecified atom stereocenters. The van der Waals surface area contributed by atoms with Crippen molar-refractivity contribution < 1.29 is 9.84 Å². The molecule has 0 heterocycles. The summed E-state index contributed by atoms with van der Waals surface area (Å²) in [7, 11) is 1.66. The van der Waals surface area contributed by atoms with Crippen LogP contribution >= 0.6 is 0 Å². The van der Waals surface area contributed by atoms with Crippen molar-refractivity contribution in [2.75, 3.05) is 7.11 Å². The van der Waals surface area contributed by atoms with E-state index in [-0.39, 0.29) is 0 Å². The number of benzene rings is 1. The van der Waals surface area contributed by atoms with E-state index in [0.717, 1.165) is 108 Å². The number of aliphatic hydroxyl groups is 1. The van der Waals surface area contributed by atoms with Crippen LogP contribution in [0.4, 0.5) is 0 Å². The van der Waals surface area contributed by atoms with Crippen LogP contribution in [0.1, 0.15) is 62.8 Å². The second kappa shape index (κ2) is 6.94. The highest BCUT2D eigenvalue weighted by molar-refractivity contribution is 5.62. The lowest BCUT2D eigenvalue weighted by Gasteiger charge is -2.56. The molecule has 0 spiro atoms. The largest absolute Gasteiger partial charge is 0.368 e. The molecule has 13 rings (SSSR count). The molecule has 216 valence electrons. The van der Waals surface area contributed by atoms with Crippen molar-refractivity contribution in [3.63, 3.8) is 0 Å². The normalized spacial score (nSPS) is 58.5. The average Bonchev–Trinajstić information content (AvgIpc) is 3.81. The first kappa shape index (κ1) is 22.8. The summed E-state index contributed by atoms with van der Waals surface area (Å²) >= 11 is 0. The van der Waals surface area contributed by atoms with Gasteiger partial charge in [-0.1, -0.05) is 58.7 Å². The molecule has 0 saturated heterocycles. The van der Waals surface area contributed by atoms with E-state index < -0.39 is 6.29 Å². The van der Waals surface area contributed by atoms with Crippen LogP contribution in [0.25, 0.3) is 0 Å². The van der Waals surface area contributed by atoms with E-state index in [9.17, 15) is 5.11 Å². The van der Waals surface area contributed by atoms with Crippen molar-refractivity contribution in [1.29, 1.82) is 0 Å². The highest BCUT2D eigenvalue weighted by Crippen LogP contribution is 2.90. The molecule has 12 aliphatic carbocycles. The minimum absolute atomic E-state index is 0.429. The zero-order valence-electron chi connectivity index (χ0n) is 24.9. The van der Waals surface area contributed by atoms with E-state index in [2.05, 4.69) is 53.1 Å². The van der Waals surface area contributed by atoms with Gasteiger partial charge in [0.15, 0.2) is 6.29 Å². The van der Waals surface area contributed by atoms with Gasteiger partial charge in [0.25, 0.3) is 0 Å². The Bertz CT molecular complexity index is 1580. The van der Waals surface area contributed by atoms with Gasteiger partial charge in [-0.05, 0) is 163 Å². The fourth-order valence-corrected chi connectivity index (χ4v) is 17.9. The molecule has 0 bridgehead atoms. The van der Waals surface area contributed by atoms with E-state index in [1.807, 2.05) is 11.1 Å². The maximum absolute atomic E-state index is 10.4. The smallest absolute Gasteiger partial charge is 0.154 e. The molecular formula is C40H44O2. The number of fused-ring (bicyclic) bond motifs is 2. The number of hydrogen-bond donors (Lipinski definition) is 1. The lowest BCUT2D eigenvalue weighted by molar-refractivity contribution is -0.0801. The van der Waals surface area contributed by atoms with Gasteiger partial charge < -0.3 is 9.84 Å². The van der Waals surface area contributed by atoms with Crippen LogP contribution in [0.2, 0.25) is 0 Å². The summed E-state index contributed by atoms with van der Waals surface area (Å²) in [6.07, 6.45) is 12.9. The van der Waals surface area contributed by atoms with E-state index in [4.69, 9.17) is 4.74 Å². The van der Waals surface area contributed by atoms with Gasteiger partial charge in [0.1, 0.15) is 0 Å². The van der Waals surface area contributed by atoms with Gasteiger partial charge in [0, 0.05) is 13.0 Å². The number of hydrogen-bond acceptors (Lipinski definition) is 2. The van der Waals surface area contributed by atoms with E-state index in [0.29, 0.717) is 11.3 Å². The lowest BCUT2D eigenvalue weighted by Crippen LogP contribution is -2.51. The second-order valence-corrected chi connectivity index (χ2v) is 17.8. The van der Waals surface area contributed by atoms with Crippen LogP contribution < -0.4 is 0 Å². The summed E-state index contributed by atoms with van der Waals surface area (Å²) in [6, 6.07) is 11.8. The Morgan fingerprint density at radius 3 is 2.62 bits per heavy atom. The van der Waals surface area contributed by atoms with Crippen LogP contribution in [-0.4, -0.2) is 18.5 Å². The van der Waals surface area contributed by atoms with Gasteiger partial charge in [0.05, 0.1) is 0 Å². The van der Waals surface area contributed by atoms with Crippen molar-refractivity contribution in [3.8, 4) is 0 Å². The minimum Gasteiger partial charge on any atom is -0.368 e. The third-order valence-electron chi connectivity index (χ3n) is 17.7. The maximum Gasteiger partial charge on any atom is 0.154 e. The van der Waals surface area contributed by atoms with E-state index >= 15 is 0 Å². The van der Waals surface area contributed by atoms with E-state index in [1.54, 1.807) is 25.5 Å². The second-order valence-electron chi connectivity index (χ2n) is 17.8. The zero-order valence-corrected chi connectivity index (χ0v) is 24.9. The van der Waals surface area contributed by atoms with Crippen molar-refractivity contribution in [2.24, 2.45) is 100 Å². The van der Waals surface area contributed by atoms with Gasteiger partial charge in [-0.2, -0.15) is 0 Å². The Kier molecular flexibility index (Phi) is 3.77. The predicted octanol–water partition coefficient (Wildman–Crippen LogP) is 7.38. The fraction of sp³-hybridized carbons (Fsp3) is 0.700. The summed E-state index contributed by atoms with van der Waals surface area (Å²) in [5.74, 6) is 16.5. The average molecular weight is 557 g/mol. The SMILES string of the molecule is COC(O)CCCC(c1ccccc1)C12CC3CC4=CC5=C6C7C4C3=C3C4C7C7C6C5CC5CC6C(C1)C(C4C6C57)C32. The number of rotatable bonds is 7. The molecule has 2 nitrogen and oxygen atoms in total. The van der Waals surface area contributed by atoms with Crippen molar-refractivity contribution in [3.05, 3.63) is 69.8 Å². The number of ether oxygens (including phenoxy) is 1. The van der Waals surface area contributed by atoms with Gasteiger partial charge in [-0.15, -0.1) is 0 Å². The van der Waals surface area contributed by atoms with Crippen molar-refractivity contribution in [1.82, 2.24) is 0 Å². The molecule has 42 heavy (non-hydrogen) atoms. The first-order valence-corrected chi connectivity index (χ1v) is 18.1. The predicted molar refractivity (Wildman–Crippen MR) is 160 cm³/mol. The molecule has 0 radical (unpaired) electrons. The zero-order chi connectivity index (χ0) is 27.0. The molecule has 12 aliphatic rings. The first-order valence-electron chi connectivity index (χ1n) is 18.1. The quantitative estimate of drug-likeness (QED) is 0.280. The molecule has 2 heteroatoms. The standard InChI is InChI=1S/C40H44O2/c1-42-25(41)9-5-8-24(16-6-3-2-4-7-16)40-14-19-10-17-11-20-21-12-18-13-22-23(15-40)32-35-29(22)27(18)34-31(21)30(20)33-26(17)28(19)38(39(32)40)37(35)36(33)34/h2-4,6-7,11,18-19,21-27,29,31-37,39,41H,5,8-10,12-15H2,1H3. The molecule has 8 fully saturated rings. The fourth-order valence-electron chi connectivity index (χ4n) is 17.9. The Morgan fingerprint density at radius 2 is 1.74 bits per heavy atom. The number of aliphatic hydroxyl groups excluding tert-OH is 1. The molecule has 1 aromatic rings. The Labute approximate surface area is 250 Å². The molecule has 0 aliphatic heterocycles. The third-order valence-corrected chi connectivity index (χ3v) is 17.7. The van der Waals surface area contributed by atoms with Gasteiger partial charge in [-0.3, -0.25) is 0 Å². The molecule has 1 aromatic carbocycles. The third kappa shape index (κ3) is 2.08. The lowest BCUT2D eigenvalue weighted by atomic mass is 9.48. The molecule has 1 N–H and O–H groups in total. The number of allylic oxidation sites excluding steroid dienone is 6. The van der Waals surface area contributed by atoms with Crippen LogP contribution in [0.15, 0.2) is 64.3 Å². The summed E-state index contributed by atoms with van der Waals surface area (Å²) in [5.41, 5.74) is 12.2. The summed E-state index contributed by atoms with van der Waals surface area (Å²) in [4.78, 5) is 0. The highest BCUT2D eigenvalue weighted by atomic mass is 16.6. The Morgan fingerprint density at radius 1 is 0.857 bits per heavy atom. The van der Waals surface area contributed by atoms with Crippen LogP contribution in [0.3, 0.4) is 0 Å². The maximum atomic E-state index is 10.4. The monoisotopic (exact) mass is 556 g/mol. The first-order chi connectivity index (χ1) is 20.7. The van der Waals surface area contributed by atoms with Gasteiger partial charge >= 0.3 is 0 Å². The highest BCUT2D eigenvalue weighted by Gasteiger charge is 2.84.